The van der Waals surface area contributed by atoms with Gasteiger partial charge in [0.05, 0.1) is 18.2 Å². The molecule has 158 valence electrons. The maximum Gasteiger partial charge on any atom is 0.407 e. The molecule has 4 rings (SSSR count). The molecule has 2 aliphatic heterocycles. The Bertz CT molecular complexity index is 898. The number of cyclic esters (lactones) is 1. The molecule has 2 heterocycles. The highest BCUT2D eigenvalue weighted by Gasteiger charge is 2.49. The molecular weight excluding hydrogens is 378 g/mol. The molecule has 3 amide bonds. The molecule has 2 aromatic carbocycles. The van der Waals surface area contributed by atoms with Gasteiger partial charge in [0.25, 0.3) is 0 Å². The number of carbonyl (C=O) groups is 2. The number of carbonyl (C=O) groups excluding carboxylic acids is 2. The lowest BCUT2D eigenvalue weighted by Gasteiger charge is -2.51. The monoisotopic (exact) mass is 407 g/mol. The van der Waals surface area contributed by atoms with E-state index >= 15 is 0 Å². The van der Waals surface area contributed by atoms with Crippen LogP contribution >= 0.6 is 0 Å². The quantitative estimate of drug-likeness (QED) is 0.806. The second kappa shape index (κ2) is 8.78. The third-order valence-corrected chi connectivity index (χ3v) is 6.22. The van der Waals surface area contributed by atoms with Crippen LogP contribution < -0.4 is 10.6 Å². The second-order valence-electron chi connectivity index (χ2n) is 8.09. The Morgan fingerprint density at radius 1 is 1.17 bits per heavy atom. The van der Waals surface area contributed by atoms with Gasteiger partial charge in [-0.3, -0.25) is 0 Å². The van der Waals surface area contributed by atoms with Crippen LogP contribution in [0.15, 0.2) is 54.6 Å². The average Bonchev–Trinajstić information content (AvgIpc) is 2.76. The van der Waals surface area contributed by atoms with E-state index in [0.717, 1.165) is 29.5 Å². The summed E-state index contributed by atoms with van der Waals surface area (Å²) in [5, 5.41) is 6.04. The SMILES string of the molecule is CCNC(=O)N1CCC[C@]2(CCOC(=O)N2)[C@@H]1Cc1cccc(-c2ccccc2)c1. The van der Waals surface area contributed by atoms with Crippen LogP contribution in [0.3, 0.4) is 0 Å². The molecule has 0 aliphatic carbocycles. The van der Waals surface area contributed by atoms with Crippen LogP contribution in [-0.2, 0) is 11.2 Å². The van der Waals surface area contributed by atoms with Crippen molar-refractivity contribution < 1.29 is 14.3 Å². The van der Waals surface area contributed by atoms with E-state index in [1.807, 2.05) is 30.0 Å². The minimum Gasteiger partial charge on any atom is -0.449 e. The summed E-state index contributed by atoms with van der Waals surface area (Å²) in [4.78, 5) is 26.9. The van der Waals surface area contributed by atoms with Crippen molar-refractivity contribution in [3.63, 3.8) is 0 Å². The molecule has 2 aromatic rings. The van der Waals surface area contributed by atoms with E-state index in [1.54, 1.807) is 0 Å². The number of nitrogens with one attached hydrogen (secondary N) is 2. The zero-order valence-electron chi connectivity index (χ0n) is 17.4. The molecule has 0 aromatic heterocycles. The van der Waals surface area contributed by atoms with Gasteiger partial charge in [-0.05, 0) is 42.9 Å². The van der Waals surface area contributed by atoms with Gasteiger partial charge in [-0.15, -0.1) is 0 Å². The minimum absolute atomic E-state index is 0.0680. The zero-order chi connectivity index (χ0) is 21.0. The number of hydrogen-bond acceptors (Lipinski definition) is 3. The minimum atomic E-state index is -0.457. The van der Waals surface area contributed by atoms with Crippen molar-refractivity contribution in [2.45, 2.75) is 44.2 Å². The Balaban J connectivity index is 1.66. The maximum atomic E-state index is 12.9. The third-order valence-electron chi connectivity index (χ3n) is 6.22. The molecule has 6 nitrogen and oxygen atoms in total. The summed E-state index contributed by atoms with van der Waals surface area (Å²) >= 11 is 0. The van der Waals surface area contributed by atoms with E-state index < -0.39 is 5.54 Å². The molecule has 2 atom stereocenters. The van der Waals surface area contributed by atoms with Crippen molar-refractivity contribution in [1.29, 1.82) is 0 Å². The van der Waals surface area contributed by atoms with Crippen molar-refractivity contribution >= 4 is 12.1 Å². The largest absolute Gasteiger partial charge is 0.449 e. The number of urea groups is 1. The average molecular weight is 408 g/mol. The van der Waals surface area contributed by atoms with E-state index in [9.17, 15) is 9.59 Å². The lowest BCUT2D eigenvalue weighted by molar-refractivity contribution is 0.0176. The van der Waals surface area contributed by atoms with Crippen LogP contribution in [0.1, 0.15) is 31.7 Å². The molecule has 30 heavy (non-hydrogen) atoms. The summed E-state index contributed by atoms with van der Waals surface area (Å²) in [6, 6.07) is 18.5. The Morgan fingerprint density at radius 2 is 1.97 bits per heavy atom. The first-order chi connectivity index (χ1) is 14.6. The molecule has 0 unspecified atom stereocenters. The number of piperidine rings is 1. The molecule has 2 N–H and O–H groups in total. The van der Waals surface area contributed by atoms with E-state index in [1.165, 1.54) is 0 Å². The van der Waals surface area contributed by atoms with E-state index in [0.29, 0.717) is 32.5 Å². The van der Waals surface area contributed by atoms with Crippen LogP contribution in [0.25, 0.3) is 11.1 Å². The van der Waals surface area contributed by atoms with Crippen LogP contribution in [-0.4, -0.2) is 48.3 Å². The molecule has 0 radical (unpaired) electrons. The van der Waals surface area contributed by atoms with Gasteiger partial charge in [0.2, 0.25) is 0 Å². The van der Waals surface area contributed by atoms with Gasteiger partial charge in [-0.2, -0.15) is 0 Å². The van der Waals surface area contributed by atoms with Gasteiger partial charge in [0.1, 0.15) is 0 Å². The molecule has 1 spiro atoms. The number of benzene rings is 2. The first-order valence-corrected chi connectivity index (χ1v) is 10.7. The number of nitrogens with zero attached hydrogens (tertiary/aromatic N) is 1. The lowest BCUT2D eigenvalue weighted by atomic mass is 9.75. The predicted octanol–water partition coefficient (Wildman–Crippen LogP) is 3.96. The highest BCUT2D eigenvalue weighted by Crippen LogP contribution is 2.35. The van der Waals surface area contributed by atoms with Crippen LogP contribution in [0, 0.1) is 0 Å². The smallest absolute Gasteiger partial charge is 0.407 e. The normalized spacial score (nSPS) is 23.6. The van der Waals surface area contributed by atoms with Crippen molar-refractivity contribution in [3.05, 3.63) is 60.2 Å². The molecule has 0 bridgehead atoms. The van der Waals surface area contributed by atoms with Crippen molar-refractivity contribution in [2.75, 3.05) is 19.7 Å². The van der Waals surface area contributed by atoms with Gasteiger partial charge in [0, 0.05) is 19.5 Å². The molecule has 2 saturated heterocycles. The number of amides is 3. The van der Waals surface area contributed by atoms with Gasteiger partial charge in [-0.1, -0.05) is 54.6 Å². The third kappa shape index (κ3) is 4.13. The van der Waals surface area contributed by atoms with E-state index in [2.05, 4.69) is 47.0 Å². The first-order valence-electron chi connectivity index (χ1n) is 10.7. The van der Waals surface area contributed by atoms with E-state index in [4.69, 9.17) is 4.74 Å². The Morgan fingerprint density at radius 3 is 2.73 bits per heavy atom. The highest BCUT2D eigenvalue weighted by molar-refractivity contribution is 5.76. The highest BCUT2D eigenvalue weighted by atomic mass is 16.6. The summed E-state index contributed by atoms with van der Waals surface area (Å²) in [5.41, 5.74) is 3.01. The summed E-state index contributed by atoms with van der Waals surface area (Å²) in [7, 11) is 0. The molecule has 2 fully saturated rings. The molecular formula is C24H29N3O3. The molecule has 2 aliphatic rings. The predicted molar refractivity (Wildman–Crippen MR) is 116 cm³/mol. The Hall–Kier alpha value is -3.02. The number of hydrogen-bond donors (Lipinski definition) is 2. The van der Waals surface area contributed by atoms with Gasteiger partial charge in [-0.25, -0.2) is 9.59 Å². The van der Waals surface area contributed by atoms with Crippen molar-refractivity contribution in [2.24, 2.45) is 0 Å². The second-order valence-corrected chi connectivity index (χ2v) is 8.09. The summed E-state index contributed by atoms with van der Waals surface area (Å²) in [5.74, 6) is 0. The van der Waals surface area contributed by atoms with Crippen molar-refractivity contribution in [1.82, 2.24) is 15.5 Å². The van der Waals surface area contributed by atoms with Crippen LogP contribution in [0.5, 0.6) is 0 Å². The van der Waals surface area contributed by atoms with Crippen LogP contribution in [0.2, 0.25) is 0 Å². The molecule has 0 saturated carbocycles. The first kappa shape index (κ1) is 20.3. The Labute approximate surface area is 177 Å². The number of rotatable bonds is 4. The summed E-state index contributed by atoms with van der Waals surface area (Å²) in [6.07, 6.45) is 2.71. The Kier molecular flexibility index (Phi) is 5.93. The molecule has 6 heteroatoms. The maximum absolute atomic E-state index is 12.9. The summed E-state index contributed by atoms with van der Waals surface area (Å²) in [6.45, 7) is 3.57. The standard InChI is InChI=1S/C24H29N3O3/c1-2-25-22(28)27-14-7-12-24(13-15-30-23(29)26-24)21(27)17-18-8-6-11-20(16-18)19-9-4-3-5-10-19/h3-6,8-11,16,21H,2,7,12-15,17H2,1H3,(H,25,28)(H,26,29)/t21-,24-/m0/s1. The van der Waals surface area contributed by atoms with Gasteiger partial charge < -0.3 is 20.3 Å². The number of likely N-dealkylation sites (tertiary alicyclic amines) is 1. The topological polar surface area (TPSA) is 70.7 Å². The number of alkyl carbamates (subject to hydrolysis) is 1. The lowest BCUT2D eigenvalue weighted by Crippen LogP contribution is -2.69. The fraction of sp³-hybridized carbons (Fsp3) is 0.417. The van der Waals surface area contributed by atoms with Crippen LogP contribution in [0.4, 0.5) is 9.59 Å². The van der Waals surface area contributed by atoms with Gasteiger partial charge >= 0.3 is 12.1 Å². The zero-order valence-corrected chi connectivity index (χ0v) is 17.4. The fourth-order valence-corrected chi connectivity index (χ4v) is 4.78. The summed E-state index contributed by atoms with van der Waals surface area (Å²) < 4.78 is 5.15. The number of ether oxygens (including phenoxy) is 1. The van der Waals surface area contributed by atoms with Gasteiger partial charge in [0.15, 0.2) is 0 Å². The van der Waals surface area contributed by atoms with Crippen molar-refractivity contribution in [3.8, 4) is 11.1 Å². The van der Waals surface area contributed by atoms with E-state index in [-0.39, 0.29) is 18.2 Å². The fourth-order valence-electron chi connectivity index (χ4n) is 4.78.